The summed E-state index contributed by atoms with van der Waals surface area (Å²) in [6.07, 6.45) is 1.74. The molecule has 2 aromatic heterocycles. The Morgan fingerprint density at radius 2 is 2.04 bits per heavy atom. The van der Waals surface area contributed by atoms with Gasteiger partial charge in [-0.05, 0) is 45.6 Å². The minimum atomic E-state index is 0.0891. The molecule has 0 bridgehead atoms. The fourth-order valence-electron chi connectivity index (χ4n) is 2.72. The second-order valence-corrected chi connectivity index (χ2v) is 7.65. The van der Waals surface area contributed by atoms with Gasteiger partial charge < -0.3 is 15.0 Å². The first-order valence-corrected chi connectivity index (χ1v) is 9.65. The zero-order valence-corrected chi connectivity index (χ0v) is 17.6. The molecule has 3 aromatic rings. The third-order valence-corrected chi connectivity index (χ3v) is 4.65. The van der Waals surface area contributed by atoms with Gasteiger partial charge in [-0.25, -0.2) is 15.0 Å². The number of aromatic nitrogens is 3. The van der Waals surface area contributed by atoms with E-state index in [1.807, 2.05) is 39.2 Å². The average molecular weight is 430 g/mol. The van der Waals surface area contributed by atoms with Crippen molar-refractivity contribution in [1.29, 1.82) is 0 Å². The van der Waals surface area contributed by atoms with Gasteiger partial charge in [0, 0.05) is 22.5 Å². The third kappa shape index (κ3) is 5.14. The van der Waals surface area contributed by atoms with E-state index in [1.54, 1.807) is 6.20 Å². The minimum absolute atomic E-state index is 0.0891. The fourth-order valence-corrected chi connectivity index (χ4v) is 3.13. The molecule has 0 saturated carbocycles. The summed E-state index contributed by atoms with van der Waals surface area (Å²) in [6, 6.07) is 10.2. The molecule has 0 unspecified atom stereocenters. The molecule has 6 nitrogen and oxygen atoms in total. The number of rotatable bonds is 7. The van der Waals surface area contributed by atoms with E-state index in [1.165, 1.54) is 5.56 Å². The lowest BCUT2D eigenvalue weighted by atomic mass is 10.1. The van der Waals surface area contributed by atoms with E-state index in [0.717, 1.165) is 27.7 Å². The molecule has 0 aliphatic rings. The Bertz CT molecular complexity index is 931. The second kappa shape index (κ2) is 8.63. The van der Waals surface area contributed by atoms with Crippen molar-refractivity contribution >= 4 is 32.7 Å². The Labute approximate surface area is 168 Å². The fraction of sp³-hybridized carbons (Fsp3) is 0.350. The van der Waals surface area contributed by atoms with Gasteiger partial charge >= 0.3 is 0 Å². The van der Waals surface area contributed by atoms with Crippen LogP contribution in [0, 0.1) is 6.92 Å². The van der Waals surface area contributed by atoms with Crippen LogP contribution in [0.1, 0.15) is 24.4 Å². The van der Waals surface area contributed by atoms with Crippen molar-refractivity contribution in [2.75, 3.05) is 32.6 Å². The summed E-state index contributed by atoms with van der Waals surface area (Å²) in [5.41, 5.74) is 1.97. The lowest BCUT2D eigenvalue weighted by Crippen LogP contribution is -2.19. The van der Waals surface area contributed by atoms with Crippen LogP contribution in [-0.4, -0.2) is 47.1 Å². The third-order valence-electron chi connectivity index (χ3n) is 4.16. The summed E-state index contributed by atoms with van der Waals surface area (Å²) in [4.78, 5) is 15.5. The smallest absolute Gasteiger partial charge is 0.214 e. The summed E-state index contributed by atoms with van der Waals surface area (Å²) >= 11 is 3.53. The normalized spacial score (nSPS) is 12.4. The van der Waals surface area contributed by atoms with Crippen LogP contribution in [-0.2, 0) is 0 Å². The number of likely N-dealkylation sites (N-methyl/N-ethyl adjacent to an activating group) is 1. The highest BCUT2D eigenvalue weighted by atomic mass is 79.9. The monoisotopic (exact) mass is 429 g/mol. The summed E-state index contributed by atoms with van der Waals surface area (Å²) in [5, 5.41) is 4.41. The predicted octanol–water partition coefficient (Wildman–Crippen LogP) is 4.21. The zero-order chi connectivity index (χ0) is 19.4. The number of hydrogen-bond donors (Lipinski definition) is 1. The quantitative estimate of drug-likeness (QED) is 0.606. The van der Waals surface area contributed by atoms with Crippen LogP contribution >= 0.6 is 15.9 Å². The lowest BCUT2D eigenvalue weighted by molar-refractivity contribution is 0.254. The van der Waals surface area contributed by atoms with Gasteiger partial charge in [-0.3, -0.25) is 0 Å². The Balaban J connectivity index is 1.88. The molecule has 0 aliphatic carbocycles. The number of halogens is 1. The number of pyridine rings is 1. The molecular formula is C20H24BrN5O. The van der Waals surface area contributed by atoms with Gasteiger partial charge in [-0.15, -0.1) is 0 Å². The molecule has 27 heavy (non-hydrogen) atoms. The maximum atomic E-state index is 5.77. The van der Waals surface area contributed by atoms with Gasteiger partial charge in [0.2, 0.25) is 5.88 Å². The highest BCUT2D eigenvalue weighted by Crippen LogP contribution is 2.27. The molecule has 7 heteroatoms. The van der Waals surface area contributed by atoms with E-state index in [-0.39, 0.29) is 6.04 Å². The first-order chi connectivity index (χ1) is 12.9. The van der Waals surface area contributed by atoms with Crippen LogP contribution in [0.15, 0.2) is 41.0 Å². The molecule has 142 valence electrons. The first-order valence-electron chi connectivity index (χ1n) is 8.86. The van der Waals surface area contributed by atoms with Crippen LogP contribution in [0.3, 0.4) is 0 Å². The topological polar surface area (TPSA) is 63.2 Å². The number of ether oxygens (including phenoxy) is 1. The summed E-state index contributed by atoms with van der Waals surface area (Å²) in [7, 11) is 4.03. The highest BCUT2D eigenvalue weighted by molar-refractivity contribution is 9.10. The Morgan fingerprint density at radius 3 is 2.78 bits per heavy atom. The van der Waals surface area contributed by atoms with Gasteiger partial charge in [0.05, 0.1) is 17.8 Å². The molecule has 1 atom stereocenters. The van der Waals surface area contributed by atoms with Crippen LogP contribution in [0.5, 0.6) is 5.88 Å². The molecular weight excluding hydrogens is 406 g/mol. The van der Waals surface area contributed by atoms with E-state index in [4.69, 9.17) is 4.74 Å². The Hall–Kier alpha value is -2.25. The molecule has 0 spiro atoms. The average Bonchev–Trinajstić information content (AvgIpc) is 2.61. The van der Waals surface area contributed by atoms with Crippen molar-refractivity contribution < 1.29 is 4.74 Å². The number of fused-ring (bicyclic) bond motifs is 1. The number of hydrogen-bond acceptors (Lipinski definition) is 6. The van der Waals surface area contributed by atoms with E-state index < -0.39 is 0 Å². The molecule has 0 aliphatic heterocycles. The van der Waals surface area contributed by atoms with E-state index in [9.17, 15) is 0 Å². The van der Waals surface area contributed by atoms with Crippen molar-refractivity contribution in [2.24, 2.45) is 0 Å². The van der Waals surface area contributed by atoms with E-state index >= 15 is 0 Å². The number of anilines is 1. The Kier molecular flexibility index (Phi) is 6.23. The largest absolute Gasteiger partial charge is 0.476 e. The second-order valence-electron chi connectivity index (χ2n) is 6.73. The summed E-state index contributed by atoms with van der Waals surface area (Å²) < 4.78 is 6.83. The van der Waals surface area contributed by atoms with Crippen molar-refractivity contribution in [1.82, 2.24) is 19.9 Å². The van der Waals surface area contributed by atoms with Crippen LogP contribution in [0.25, 0.3) is 10.9 Å². The zero-order valence-electron chi connectivity index (χ0n) is 16.0. The van der Waals surface area contributed by atoms with Gasteiger partial charge in [0.1, 0.15) is 18.2 Å². The van der Waals surface area contributed by atoms with Crippen LogP contribution in [0.4, 0.5) is 5.82 Å². The number of nitrogens with one attached hydrogen (secondary N) is 1. The lowest BCUT2D eigenvalue weighted by Gasteiger charge is -2.17. The number of nitrogens with zero attached hydrogens (tertiary/aromatic N) is 4. The maximum Gasteiger partial charge on any atom is 0.214 e. The SMILES string of the molecule is Cc1nc(N[C@H](C)c2cccc(Br)c2)c2cc(OCCN(C)C)ncc2n1. The van der Waals surface area contributed by atoms with Gasteiger partial charge in [-0.1, -0.05) is 28.1 Å². The molecule has 0 radical (unpaired) electrons. The van der Waals surface area contributed by atoms with Crippen LogP contribution < -0.4 is 10.1 Å². The standard InChI is InChI=1S/C20H24BrN5O/c1-13(15-6-5-7-16(21)10-15)23-20-17-11-19(27-9-8-26(3)4)22-12-18(17)24-14(2)25-20/h5-7,10-13H,8-9H2,1-4H3,(H,23,24,25)/t13-/m1/s1. The Morgan fingerprint density at radius 1 is 1.22 bits per heavy atom. The van der Waals surface area contributed by atoms with E-state index in [2.05, 4.69) is 60.2 Å². The van der Waals surface area contributed by atoms with Gasteiger partial charge in [-0.2, -0.15) is 0 Å². The van der Waals surface area contributed by atoms with Crippen molar-refractivity contribution in [2.45, 2.75) is 19.9 Å². The predicted molar refractivity (Wildman–Crippen MR) is 112 cm³/mol. The van der Waals surface area contributed by atoms with Crippen molar-refractivity contribution in [3.05, 3.63) is 52.4 Å². The maximum absolute atomic E-state index is 5.77. The van der Waals surface area contributed by atoms with E-state index in [0.29, 0.717) is 18.3 Å². The molecule has 1 N–H and O–H groups in total. The molecule has 0 amide bonds. The summed E-state index contributed by atoms with van der Waals surface area (Å²) in [6.45, 7) is 5.40. The number of benzene rings is 1. The molecule has 1 aromatic carbocycles. The van der Waals surface area contributed by atoms with Crippen molar-refractivity contribution in [3.63, 3.8) is 0 Å². The van der Waals surface area contributed by atoms with Crippen LogP contribution in [0.2, 0.25) is 0 Å². The molecule has 0 saturated heterocycles. The molecule has 3 rings (SSSR count). The van der Waals surface area contributed by atoms with Gasteiger partial charge in [0.15, 0.2) is 0 Å². The highest BCUT2D eigenvalue weighted by Gasteiger charge is 2.12. The van der Waals surface area contributed by atoms with Crippen molar-refractivity contribution in [3.8, 4) is 5.88 Å². The molecule has 0 fully saturated rings. The minimum Gasteiger partial charge on any atom is -0.476 e. The number of aryl methyl sites for hydroxylation is 1. The summed E-state index contributed by atoms with van der Waals surface area (Å²) in [5.74, 6) is 2.06. The first kappa shape index (κ1) is 19.5. The molecule has 2 heterocycles. The van der Waals surface area contributed by atoms with Gasteiger partial charge in [0.25, 0.3) is 0 Å².